The summed E-state index contributed by atoms with van der Waals surface area (Å²) in [6.45, 7) is 0. The fourth-order valence-corrected chi connectivity index (χ4v) is 9.41. The molecule has 0 saturated carbocycles. The topological polar surface area (TPSA) is 34.1 Å². The van der Waals surface area contributed by atoms with Crippen LogP contribution in [0.3, 0.4) is 0 Å². The fourth-order valence-electron chi connectivity index (χ4n) is 4.80. The van der Waals surface area contributed by atoms with Crippen molar-refractivity contribution in [2.75, 3.05) is 0 Å². The average Bonchev–Trinajstić information content (AvgIpc) is 3.13. The summed E-state index contributed by atoms with van der Waals surface area (Å²) in [4.78, 5) is 20.6. The zero-order valence-corrected chi connectivity index (χ0v) is 29.0. The number of allylic oxidation sites excluding steroid dienone is 4. The van der Waals surface area contributed by atoms with Crippen LogP contribution in [-0.2, 0) is 30.0 Å². The molecule has 0 aliphatic heterocycles. The summed E-state index contributed by atoms with van der Waals surface area (Å²) in [6.07, 6.45) is 5.01. The van der Waals surface area contributed by atoms with Gasteiger partial charge >= 0.3 is 0 Å². The molecule has 0 heterocycles. The summed E-state index contributed by atoms with van der Waals surface area (Å²) < 4.78 is 0. The van der Waals surface area contributed by atoms with Gasteiger partial charge in [0.1, 0.15) is 0 Å². The van der Waals surface area contributed by atoms with E-state index in [2.05, 4.69) is 182 Å². The van der Waals surface area contributed by atoms with Crippen molar-refractivity contribution in [2.24, 2.45) is 0 Å². The Hall–Kier alpha value is -4.34. The van der Waals surface area contributed by atoms with Crippen LogP contribution in [0.25, 0.3) is 0 Å². The number of benzene rings is 6. The van der Waals surface area contributed by atoms with Gasteiger partial charge in [-0.1, -0.05) is 182 Å². The third-order valence-electron chi connectivity index (χ3n) is 6.91. The van der Waals surface area contributed by atoms with E-state index in [-0.39, 0.29) is 32.0 Å². The molecule has 1 aliphatic carbocycles. The largest absolute Gasteiger partial charge is 0.290 e. The third-order valence-corrected chi connectivity index (χ3v) is 11.8. The molecule has 2 nitrogen and oxygen atoms in total. The maximum atomic E-state index is 10.3. The molecule has 0 N–H and O–H groups in total. The molecule has 47 heavy (non-hydrogen) atoms. The first-order valence-electron chi connectivity index (χ1n) is 15.0. The van der Waals surface area contributed by atoms with E-state index in [1.54, 1.807) is 0 Å². The van der Waals surface area contributed by atoms with Gasteiger partial charge in [-0.3, -0.25) is 9.59 Å². The molecular formula is C42H34O2P2Pd. The number of hydrogen-bond acceptors (Lipinski definition) is 2. The normalized spacial score (nSPS) is 11.5. The maximum absolute atomic E-state index is 10.3. The Morgan fingerprint density at radius 1 is 0.255 bits per heavy atom. The van der Waals surface area contributed by atoms with Crippen molar-refractivity contribution >= 4 is 59.2 Å². The molecule has 0 bridgehead atoms. The van der Waals surface area contributed by atoms with Crippen molar-refractivity contribution in [2.45, 2.75) is 0 Å². The zero-order valence-electron chi connectivity index (χ0n) is 25.7. The molecule has 6 aromatic rings. The van der Waals surface area contributed by atoms with Gasteiger partial charge in [-0.15, -0.1) is 0 Å². The van der Waals surface area contributed by atoms with Crippen molar-refractivity contribution in [1.82, 2.24) is 0 Å². The van der Waals surface area contributed by atoms with Crippen LogP contribution in [0.15, 0.2) is 206 Å². The SMILES string of the molecule is O=C1C=CC(=O)C=C1.[Pd].c1ccc(P(c2ccccc2)c2ccccc2)cc1.c1ccc(P(c2ccccc2)c2ccccc2)cc1. The van der Waals surface area contributed by atoms with E-state index >= 15 is 0 Å². The first kappa shape index (κ1) is 35.5. The molecule has 0 saturated heterocycles. The van der Waals surface area contributed by atoms with Crippen molar-refractivity contribution in [3.05, 3.63) is 206 Å². The van der Waals surface area contributed by atoms with Crippen LogP contribution in [0.1, 0.15) is 0 Å². The predicted octanol–water partition coefficient (Wildman–Crippen LogP) is 7.14. The summed E-state index contributed by atoms with van der Waals surface area (Å²) in [5.41, 5.74) is 0. The van der Waals surface area contributed by atoms with Gasteiger partial charge in [-0.25, -0.2) is 0 Å². The minimum absolute atomic E-state index is 0. The second-order valence-corrected chi connectivity index (χ2v) is 14.6. The van der Waals surface area contributed by atoms with Crippen LogP contribution in [0, 0.1) is 0 Å². The molecule has 0 fully saturated rings. The van der Waals surface area contributed by atoms with Gasteiger partial charge in [-0.2, -0.15) is 0 Å². The van der Waals surface area contributed by atoms with Gasteiger partial charge in [0.05, 0.1) is 0 Å². The van der Waals surface area contributed by atoms with Crippen LogP contribution >= 0.6 is 15.8 Å². The van der Waals surface area contributed by atoms with Crippen LogP contribution < -0.4 is 31.8 Å². The monoisotopic (exact) mass is 738 g/mol. The van der Waals surface area contributed by atoms with E-state index in [4.69, 9.17) is 0 Å². The predicted molar refractivity (Wildman–Crippen MR) is 199 cm³/mol. The van der Waals surface area contributed by atoms with Gasteiger partial charge in [0.2, 0.25) is 0 Å². The molecule has 234 valence electrons. The molecule has 0 aromatic heterocycles. The minimum atomic E-state index is -0.446. The second-order valence-electron chi connectivity index (χ2n) is 10.2. The smallest absolute Gasteiger partial charge is 0.178 e. The standard InChI is InChI=1S/2C18H15P.C6H4O2.Pd/c2*1-4-10-16(11-5-1)19(17-12-6-2-7-13-17)18-14-8-3-9-15-18;7-5-1-2-6(8)4-3-5;/h2*1-15H;1-4H;. The Balaban J connectivity index is 0.000000171. The van der Waals surface area contributed by atoms with Gasteiger partial charge in [0.15, 0.2) is 11.6 Å². The summed E-state index contributed by atoms with van der Waals surface area (Å²) >= 11 is 0. The molecule has 5 heteroatoms. The van der Waals surface area contributed by atoms with E-state index in [0.717, 1.165) is 0 Å². The van der Waals surface area contributed by atoms with E-state index in [1.165, 1.54) is 56.1 Å². The van der Waals surface area contributed by atoms with Crippen molar-refractivity contribution in [3.8, 4) is 0 Å². The van der Waals surface area contributed by atoms with E-state index < -0.39 is 15.8 Å². The van der Waals surface area contributed by atoms with Crippen molar-refractivity contribution in [3.63, 3.8) is 0 Å². The summed E-state index contributed by atoms with van der Waals surface area (Å²) in [5, 5.41) is 8.39. The molecular weight excluding hydrogens is 705 g/mol. The summed E-state index contributed by atoms with van der Waals surface area (Å²) in [6, 6.07) is 64.7. The van der Waals surface area contributed by atoms with Gasteiger partial charge in [-0.05, 0) is 72.0 Å². The maximum Gasteiger partial charge on any atom is 0.178 e. The van der Waals surface area contributed by atoms with Gasteiger partial charge in [0.25, 0.3) is 0 Å². The fraction of sp³-hybridized carbons (Fsp3) is 0. The van der Waals surface area contributed by atoms with Crippen LogP contribution in [0.5, 0.6) is 0 Å². The number of rotatable bonds is 6. The molecule has 7 rings (SSSR count). The number of hydrogen-bond donors (Lipinski definition) is 0. The van der Waals surface area contributed by atoms with Gasteiger partial charge < -0.3 is 0 Å². The summed E-state index contributed by atoms with van der Waals surface area (Å²) in [5.74, 6) is -0.241. The molecule has 0 spiro atoms. The molecule has 1 aliphatic rings. The molecule has 0 unspecified atom stereocenters. The second kappa shape index (κ2) is 19.4. The molecule has 0 atom stereocenters. The molecule has 0 amide bonds. The van der Waals surface area contributed by atoms with Gasteiger partial charge in [0, 0.05) is 20.4 Å². The Bertz CT molecular complexity index is 1500. The zero-order chi connectivity index (χ0) is 31.8. The van der Waals surface area contributed by atoms with E-state index in [0.29, 0.717) is 0 Å². The molecule has 0 radical (unpaired) electrons. The quantitative estimate of drug-likeness (QED) is 0.104. The van der Waals surface area contributed by atoms with Crippen molar-refractivity contribution in [1.29, 1.82) is 0 Å². The Labute approximate surface area is 294 Å². The number of carbonyl (C=O) groups is 2. The van der Waals surface area contributed by atoms with E-state index in [9.17, 15) is 9.59 Å². The molecule has 6 aromatic carbocycles. The average molecular weight is 739 g/mol. The third kappa shape index (κ3) is 10.9. The number of ketones is 2. The minimum Gasteiger partial charge on any atom is -0.290 e. The number of carbonyl (C=O) groups excluding carboxylic acids is 2. The van der Waals surface area contributed by atoms with Crippen LogP contribution in [0.4, 0.5) is 0 Å². The van der Waals surface area contributed by atoms with Crippen molar-refractivity contribution < 1.29 is 30.0 Å². The van der Waals surface area contributed by atoms with Crippen LogP contribution in [-0.4, -0.2) is 11.6 Å². The summed E-state index contributed by atoms with van der Waals surface area (Å²) in [7, 11) is -0.892. The Morgan fingerprint density at radius 2 is 0.404 bits per heavy atom. The Morgan fingerprint density at radius 3 is 0.553 bits per heavy atom. The first-order valence-corrected chi connectivity index (χ1v) is 17.7. The first-order chi connectivity index (χ1) is 22.7. The van der Waals surface area contributed by atoms with E-state index in [1.807, 2.05) is 0 Å². The van der Waals surface area contributed by atoms with Crippen LogP contribution in [0.2, 0.25) is 0 Å². The Kier molecular flexibility index (Phi) is 14.6.